The third kappa shape index (κ3) is 5.23. The van der Waals surface area contributed by atoms with Crippen LogP contribution in [0.25, 0.3) is 5.52 Å². The summed E-state index contributed by atoms with van der Waals surface area (Å²) in [7, 11) is 0. The van der Waals surface area contributed by atoms with E-state index in [0.717, 1.165) is 17.0 Å². The first-order chi connectivity index (χ1) is 17.3. The molecule has 36 heavy (non-hydrogen) atoms. The van der Waals surface area contributed by atoms with E-state index < -0.39 is 11.9 Å². The van der Waals surface area contributed by atoms with E-state index in [4.69, 9.17) is 5.73 Å². The molecule has 0 radical (unpaired) electrons. The van der Waals surface area contributed by atoms with E-state index in [0.29, 0.717) is 37.1 Å². The molecule has 0 bridgehead atoms. The Morgan fingerprint density at radius 3 is 2.42 bits per heavy atom. The molecule has 0 fully saturated rings. The Labute approximate surface area is 210 Å². The van der Waals surface area contributed by atoms with Crippen molar-refractivity contribution in [1.29, 1.82) is 0 Å². The van der Waals surface area contributed by atoms with Crippen LogP contribution in [-0.4, -0.2) is 38.1 Å². The Morgan fingerprint density at radius 1 is 1.08 bits per heavy atom. The second-order valence-corrected chi connectivity index (χ2v) is 9.38. The minimum Gasteiger partial charge on any atom is -0.330 e. The molecule has 8 heteroatoms. The van der Waals surface area contributed by atoms with Crippen molar-refractivity contribution in [3.63, 3.8) is 0 Å². The van der Waals surface area contributed by atoms with Gasteiger partial charge in [-0.25, -0.2) is 9.18 Å². The molecule has 188 valence electrons. The number of rotatable bonds is 9. The monoisotopic (exact) mass is 489 g/mol. The fourth-order valence-electron chi connectivity index (χ4n) is 4.65. The van der Waals surface area contributed by atoms with Gasteiger partial charge in [-0.2, -0.15) is 9.61 Å². The zero-order valence-corrected chi connectivity index (χ0v) is 20.9. The molecule has 1 unspecified atom stereocenters. The van der Waals surface area contributed by atoms with Crippen LogP contribution < -0.4 is 11.4 Å². The summed E-state index contributed by atoms with van der Waals surface area (Å²) < 4.78 is 16.7. The molecule has 7 nitrogen and oxygen atoms in total. The first-order valence-electron chi connectivity index (χ1n) is 12.2. The smallest absolute Gasteiger partial charge is 0.330 e. The average Bonchev–Trinajstić information content (AvgIpc) is 3.24. The Kier molecular flexibility index (Phi) is 7.64. The number of amides is 1. The lowest BCUT2D eigenvalue weighted by molar-refractivity contribution is 0.0609. The lowest BCUT2D eigenvalue weighted by Gasteiger charge is -2.36. The van der Waals surface area contributed by atoms with Crippen LogP contribution in [0.15, 0.2) is 71.5 Å². The highest BCUT2D eigenvalue weighted by atomic mass is 19.1. The van der Waals surface area contributed by atoms with Crippen LogP contribution in [0.5, 0.6) is 0 Å². The standard InChI is InChI=1S/C28H32FN5O2/c1-19(2)26(32(15-7-14-30)27(35)22-10-12-23(29)13-11-22)25-17-24-16-20(3)31-34(24)28(36)33(25)18-21-8-5-4-6-9-21/h4-6,8-13,16-17,19,26H,7,14-15,18,30H2,1-3H3. The van der Waals surface area contributed by atoms with Crippen molar-refractivity contribution >= 4 is 11.4 Å². The second kappa shape index (κ2) is 10.9. The highest BCUT2D eigenvalue weighted by Crippen LogP contribution is 2.31. The van der Waals surface area contributed by atoms with Gasteiger partial charge in [0.2, 0.25) is 0 Å². The van der Waals surface area contributed by atoms with E-state index in [1.807, 2.05) is 63.2 Å². The van der Waals surface area contributed by atoms with Crippen LogP contribution in [0, 0.1) is 18.7 Å². The van der Waals surface area contributed by atoms with Gasteiger partial charge in [0.05, 0.1) is 23.8 Å². The summed E-state index contributed by atoms with van der Waals surface area (Å²) in [5.41, 5.74) is 9.05. The second-order valence-electron chi connectivity index (χ2n) is 9.38. The number of carbonyl (C=O) groups excluding carboxylic acids is 1. The quantitative estimate of drug-likeness (QED) is 0.382. The van der Waals surface area contributed by atoms with Gasteiger partial charge in [-0.15, -0.1) is 0 Å². The molecule has 0 saturated carbocycles. The molecule has 0 saturated heterocycles. The summed E-state index contributed by atoms with van der Waals surface area (Å²) in [6, 6.07) is 18.7. The molecule has 4 aromatic rings. The predicted octanol–water partition coefficient (Wildman–Crippen LogP) is 4.18. The normalized spacial score (nSPS) is 12.3. The number of nitrogens with zero attached hydrogens (tertiary/aromatic N) is 4. The van der Waals surface area contributed by atoms with Crippen molar-refractivity contribution in [3.8, 4) is 0 Å². The number of nitrogens with two attached hydrogens (primary N) is 1. The van der Waals surface area contributed by atoms with E-state index in [9.17, 15) is 14.0 Å². The van der Waals surface area contributed by atoms with E-state index in [-0.39, 0.29) is 17.5 Å². The van der Waals surface area contributed by atoms with Gasteiger partial charge in [-0.1, -0.05) is 44.2 Å². The molecule has 1 amide bonds. The van der Waals surface area contributed by atoms with Gasteiger partial charge < -0.3 is 10.6 Å². The Balaban J connectivity index is 1.90. The lowest BCUT2D eigenvalue weighted by atomic mass is 9.96. The van der Waals surface area contributed by atoms with Gasteiger partial charge in [-0.05, 0) is 67.8 Å². The molecule has 2 aromatic carbocycles. The molecular formula is C28H32FN5O2. The molecule has 1 atom stereocenters. The third-order valence-electron chi connectivity index (χ3n) is 6.29. The van der Waals surface area contributed by atoms with Crippen LogP contribution in [0.1, 0.15) is 53.6 Å². The van der Waals surface area contributed by atoms with Gasteiger partial charge in [0, 0.05) is 17.8 Å². The largest absolute Gasteiger partial charge is 0.349 e. The zero-order chi connectivity index (χ0) is 25.8. The summed E-state index contributed by atoms with van der Waals surface area (Å²) in [6.45, 7) is 7.05. The van der Waals surface area contributed by atoms with E-state index >= 15 is 0 Å². The van der Waals surface area contributed by atoms with Crippen LogP contribution in [0.3, 0.4) is 0 Å². The fourth-order valence-corrected chi connectivity index (χ4v) is 4.65. The summed E-state index contributed by atoms with van der Waals surface area (Å²) >= 11 is 0. The maximum absolute atomic E-state index is 13.8. The third-order valence-corrected chi connectivity index (χ3v) is 6.29. The highest BCUT2D eigenvalue weighted by molar-refractivity contribution is 5.94. The van der Waals surface area contributed by atoms with Crippen LogP contribution in [0.4, 0.5) is 4.39 Å². The van der Waals surface area contributed by atoms with E-state index in [1.54, 1.807) is 9.47 Å². The number of hydrogen-bond donors (Lipinski definition) is 1. The first-order valence-corrected chi connectivity index (χ1v) is 12.2. The summed E-state index contributed by atoms with van der Waals surface area (Å²) in [6.07, 6.45) is 0.590. The van der Waals surface area contributed by atoms with Crippen LogP contribution in [-0.2, 0) is 6.54 Å². The number of carbonyl (C=O) groups is 1. The maximum atomic E-state index is 13.8. The SMILES string of the molecule is Cc1cc2cc(C(C(C)C)N(CCCN)C(=O)c3ccc(F)cc3)n(Cc3ccccc3)c(=O)n2n1. The van der Waals surface area contributed by atoms with Gasteiger partial charge in [0.1, 0.15) is 5.82 Å². The van der Waals surface area contributed by atoms with Gasteiger partial charge in [-0.3, -0.25) is 9.36 Å². The number of aromatic nitrogens is 3. The zero-order valence-electron chi connectivity index (χ0n) is 20.9. The van der Waals surface area contributed by atoms with Crippen LogP contribution >= 0.6 is 0 Å². The van der Waals surface area contributed by atoms with Crippen molar-refractivity contribution in [1.82, 2.24) is 19.1 Å². The van der Waals surface area contributed by atoms with Gasteiger partial charge in [0.15, 0.2) is 0 Å². The van der Waals surface area contributed by atoms with Crippen molar-refractivity contribution < 1.29 is 9.18 Å². The fraction of sp³-hybridized carbons (Fsp3) is 0.321. The average molecular weight is 490 g/mol. The van der Waals surface area contributed by atoms with Crippen molar-refractivity contribution in [2.45, 2.75) is 39.8 Å². The van der Waals surface area contributed by atoms with Crippen LogP contribution in [0.2, 0.25) is 0 Å². The van der Waals surface area contributed by atoms with E-state index in [2.05, 4.69) is 5.10 Å². The number of halogens is 1. The predicted molar refractivity (Wildman–Crippen MR) is 138 cm³/mol. The lowest BCUT2D eigenvalue weighted by Crippen LogP contribution is -2.42. The van der Waals surface area contributed by atoms with Crippen molar-refractivity contribution in [2.24, 2.45) is 11.7 Å². The van der Waals surface area contributed by atoms with Crippen molar-refractivity contribution in [3.05, 3.63) is 106 Å². The van der Waals surface area contributed by atoms with Crippen molar-refractivity contribution in [2.75, 3.05) is 13.1 Å². The molecule has 0 spiro atoms. The molecule has 2 heterocycles. The van der Waals surface area contributed by atoms with E-state index in [1.165, 1.54) is 28.8 Å². The molecule has 2 N–H and O–H groups in total. The molecule has 2 aromatic heterocycles. The van der Waals surface area contributed by atoms with Gasteiger partial charge in [0.25, 0.3) is 5.91 Å². The number of benzene rings is 2. The molecule has 0 aliphatic carbocycles. The highest BCUT2D eigenvalue weighted by Gasteiger charge is 2.31. The molecule has 0 aliphatic rings. The topological polar surface area (TPSA) is 85.6 Å². The number of fused-ring (bicyclic) bond motifs is 1. The van der Waals surface area contributed by atoms with Gasteiger partial charge >= 0.3 is 5.69 Å². The Bertz CT molecular complexity index is 1390. The molecular weight excluding hydrogens is 457 g/mol. The summed E-state index contributed by atoms with van der Waals surface area (Å²) in [5.74, 6) is -0.663. The minimum absolute atomic E-state index is 0.0277. The number of aryl methyl sites for hydroxylation is 1. The molecule has 0 aliphatic heterocycles. The Morgan fingerprint density at radius 2 is 1.78 bits per heavy atom. The summed E-state index contributed by atoms with van der Waals surface area (Å²) in [4.78, 5) is 29.2. The maximum Gasteiger partial charge on any atom is 0.349 e. The minimum atomic E-state index is -0.425. The summed E-state index contributed by atoms with van der Waals surface area (Å²) in [5, 5.41) is 4.40. The number of hydrogen-bond acceptors (Lipinski definition) is 4. The first kappa shape index (κ1) is 25.3. The Hall–Kier alpha value is -3.78. The molecule has 4 rings (SSSR count).